The van der Waals surface area contributed by atoms with E-state index in [1.165, 1.54) is 44.6 Å². The van der Waals surface area contributed by atoms with E-state index in [1.807, 2.05) is 0 Å². The Morgan fingerprint density at radius 2 is 1.80 bits per heavy atom. The largest absolute Gasteiger partial charge is 0.426 e. The number of hydrogen-bond acceptors (Lipinski definition) is 2. The fraction of sp³-hybridized carbons (Fsp3) is 0.652. The van der Waals surface area contributed by atoms with Crippen molar-refractivity contribution in [1.82, 2.24) is 0 Å². The summed E-state index contributed by atoms with van der Waals surface area (Å²) in [5, 5.41) is 0. The quantitative estimate of drug-likeness (QED) is 0.412. The zero-order valence-electron chi connectivity index (χ0n) is 17.2. The minimum absolute atomic E-state index is 0.301. The molecule has 0 bridgehead atoms. The minimum atomic E-state index is -4.29. The normalized spacial score (nSPS) is 27.5. The molecule has 0 spiro atoms. The summed E-state index contributed by atoms with van der Waals surface area (Å²) in [4.78, 5) is 0. The second kappa shape index (κ2) is 10.1. The van der Waals surface area contributed by atoms with Crippen LogP contribution in [0.5, 0.6) is 5.75 Å². The van der Waals surface area contributed by atoms with Crippen LogP contribution in [0.2, 0.25) is 0 Å². The van der Waals surface area contributed by atoms with Gasteiger partial charge in [0, 0.05) is 0 Å². The van der Waals surface area contributed by atoms with E-state index in [9.17, 15) is 22.0 Å². The van der Waals surface area contributed by atoms with Crippen LogP contribution < -0.4 is 4.74 Å². The van der Waals surface area contributed by atoms with Gasteiger partial charge in [-0.25, -0.2) is 4.39 Å². The van der Waals surface area contributed by atoms with E-state index in [0.29, 0.717) is 24.0 Å². The molecule has 1 heterocycles. The summed E-state index contributed by atoms with van der Waals surface area (Å²) >= 11 is 0. The summed E-state index contributed by atoms with van der Waals surface area (Å²) in [7, 11) is 0. The lowest BCUT2D eigenvalue weighted by Gasteiger charge is -2.38. The van der Waals surface area contributed by atoms with Gasteiger partial charge in [-0.15, -0.1) is 0 Å². The molecule has 7 heteroatoms. The molecule has 1 aliphatic carbocycles. The van der Waals surface area contributed by atoms with Gasteiger partial charge in [0.2, 0.25) is 0 Å². The van der Waals surface area contributed by atoms with E-state index >= 15 is 0 Å². The van der Waals surface area contributed by atoms with Gasteiger partial charge in [-0.3, -0.25) is 0 Å². The van der Waals surface area contributed by atoms with Crippen LogP contribution in [-0.4, -0.2) is 12.7 Å². The molecule has 2 fully saturated rings. The maximum atomic E-state index is 14.2. The molecule has 2 nitrogen and oxygen atoms in total. The minimum Gasteiger partial charge on any atom is -0.426 e. The van der Waals surface area contributed by atoms with Crippen LogP contribution in [0.25, 0.3) is 0 Å². The molecular formula is C23H29F5O2. The number of ether oxygens (including phenoxy) is 2. The average molecular weight is 432 g/mol. The molecule has 0 aromatic heterocycles. The molecule has 0 radical (unpaired) electrons. The first-order valence-electron chi connectivity index (χ1n) is 10.8. The van der Waals surface area contributed by atoms with E-state index in [1.54, 1.807) is 0 Å². The SMILES string of the molecule is CCCC1CCC(C2CCC(c3ccc(OC(F)(F)C=C(F)F)c(F)c3)OC2)CC1. The fourth-order valence-corrected chi connectivity index (χ4v) is 4.87. The first-order valence-corrected chi connectivity index (χ1v) is 10.8. The zero-order chi connectivity index (χ0) is 21.7. The lowest BCUT2D eigenvalue weighted by molar-refractivity contribution is -0.135. The van der Waals surface area contributed by atoms with E-state index in [-0.39, 0.29) is 6.10 Å². The molecule has 2 unspecified atom stereocenters. The third-order valence-corrected chi connectivity index (χ3v) is 6.42. The lowest BCUT2D eigenvalue weighted by atomic mass is 9.73. The van der Waals surface area contributed by atoms with Crippen molar-refractivity contribution in [1.29, 1.82) is 0 Å². The van der Waals surface area contributed by atoms with E-state index in [0.717, 1.165) is 30.9 Å². The molecule has 30 heavy (non-hydrogen) atoms. The summed E-state index contributed by atoms with van der Waals surface area (Å²) in [6.07, 6.45) is 1.51. The monoisotopic (exact) mass is 432 g/mol. The van der Waals surface area contributed by atoms with Gasteiger partial charge in [0.05, 0.1) is 18.8 Å². The lowest BCUT2D eigenvalue weighted by Crippen LogP contribution is -2.29. The van der Waals surface area contributed by atoms with Crippen LogP contribution in [0.4, 0.5) is 22.0 Å². The Bertz CT molecular complexity index is 716. The second-order valence-corrected chi connectivity index (χ2v) is 8.52. The summed E-state index contributed by atoms with van der Waals surface area (Å²) < 4.78 is 75.0. The Balaban J connectivity index is 1.53. The van der Waals surface area contributed by atoms with Gasteiger partial charge in [0.1, 0.15) is 0 Å². The number of halogens is 5. The van der Waals surface area contributed by atoms with Crippen LogP contribution in [0, 0.1) is 23.6 Å². The molecule has 168 valence electrons. The summed E-state index contributed by atoms with van der Waals surface area (Å²) in [5.74, 6) is 0.241. The van der Waals surface area contributed by atoms with Crippen LogP contribution >= 0.6 is 0 Å². The highest BCUT2D eigenvalue weighted by molar-refractivity contribution is 5.31. The molecule has 0 N–H and O–H groups in total. The predicted octanol–water partition coefficient (Wildman–Crippen LogP) is 7.65. The highest BCUT2D eigenvalue weighted by Crippen LogP contribution is 2.41. The number of alkyl halides is 2. The topological polar surface area (TPSA) is 18.5 Å². The Hall–Kier alpha value is -1.63. The molecule has 3 rings (SSSR count). The third-order valence-electron chi connectivity index (χ3n) is 6.42. The molecule has 2 aliphatic rings. The van der Waals surface area contributed by atoms with Crippen LogP contribution in [0.3, 0.4) is 0 Å². The van der Waals surface area contributed by atoms with Gasteiger partial charge in [0.15, 0.2) is 11.6 Å². The molecule has 2 atom stereocenters. The molecular weight excluding hydrogens is 403 g/mol. The third kappa shape index (κ3) is 6.19. The molecule has 0 amide bonds. The highest BCUT2D eigenvalue weighted by Gasteiger charge is 2.33. The zero-order valence-corrected chi connectivity index (χ0v) is 17.2. The van der Waals surface area contributed by atoms with Crippen molar-refractivity contribution in [2.45, 2.75) is 70.5 Å². The number of benzene rings is 1. The van der Waals surface area contributed by atoms with Crippen molar-refractivity contribution < 1.29 is 31.4 Å². The summed E-state index contributed by atoms with van der Waals surface area (Å²) in [6, 6.07) is 3.57. The van der Waals surface area contributed by atoms with Gasteiger partial charge >= 0.3 is 6.11 Å². The summed E-state index contributed by atoms with van der Waals surface area (Å²) in [6.45, 7) is 2.85. The first kappa shape index (κ1) is 23.0. The van der Waals surface area contributed by atoms with Gasteiger partial charge in [-0.2, -0.15) is 17.6 Å². The molecule has 1 aliphatic heterocycles. The fourth-order valence-electron chi connectivity index (χ4n) is 4.87. The Morgan fingerprint density at radius 1 is 1.10 bits per heavy atom. The van der Waals surface area contributed by atoms with Gasteiger partial charge in [-0.1, -0.05) is 38.7 Å². The maximum Gasteiger partial charge on any atom is 0.425 e. The Labute approximate surface area is 174 Å². The smallest absolute Gasteiger partial charge is 0.425 e. The van der Waals surface area contributed by atoms with E-state index < -0.39 is 29.8 Å². The second-order valence-electron chi connectivity index (χ2n) is 8.52. The predicted molar refractivity (Wildman–Crippen MR) is 104 cm³/mol. The molecule has 1 saturated heterocycles. The van der Waals surface area contributed by atoms with Crippen molar-refractivity contribution in [3.05, 3.63) is 41.7 Å². The van der Waals surface area contributed by atoms with Gasteiger partial charge < -0.3 is 9.47 Å². The van der Waals surface area contributed by atoms with Crippen LogP contribution in [0.15, 0.2) is 30.4 Å². The Morgan fingerprint density at radius 3 is 2.37 bits per heavy atom. The molecule has 1 aromatic carbocycles. The number of hydrogen-bond donors (Lipinski definition) is 0. The first-order chi connectivity index (χ1) is 14.3. The van der Waals surface area contributed by atoms with Crippen molar-refractivity contribution in [3.8, 4) is 5.75 Å². The Kier molecular flexibility index (Phi) is 7.77. The van der Waals surface area contributed by atoms with Crippen LogP contribution in [0.1, 0.15) is 70.0 Å². The average Bonchev–Trinajstić information content (AvgIpc) is 2.69. The van der Waals surface area contributed by atoms with Gasteiger partial charge in [-0.05, 0) is 61.1 Å². The molecule has 1 saturated carbocycles. The van der Waals surface area contributed by atoms with Crippen LogP contribution in [-0.2, 0) is 4.74 Å². The van der Waals surface area contributed by atoms with Crippen molar-refractivity contribution >= 4 is 0 Å². The van der Waals surface area contributed by atoms with Crippen molar-refractivity contribution in [2.24, 2.45) is 17.8 Å². The van der Waals surface area contributed by atoms with Crippen molar-refractivity contribution in [2.75, 3.05) is 6.61 Å². The van der Waals surface area contributed by atoms with E-state index in [4.69, 9.17) is 4.74 Å². The number of rotatable bonds is 7. The van der Waals surface area contributed by atoms with E-state index in [2.05, 4.69) is 11.7 Å². The van der Waals surface area contributed by atoms with Gasteiger partial charge in [0.25, 0.3) is 6.08 Å². The van der Waals surface area contributed by atoms with Crippen molar-refractivity contribution in [3.63, 3.8) is 0 Å². The molecule has 1 aromatic rings. The summed E-state index contributed by atoms with van der Waals surface area (Å²) in [5.41, 5.74) is 0.542. The standard InChI is InChI=1S/C23H29F5O2/c1-2-3-15-4-6-16(7-5-15)18-9-10-20(29-14-18)17-8-11-21(19(24)12-17)30-23(27,28)13-22(25)26/h8,11-13,15-16,18,20H,2-7,9-10,14H2,1H3. The highest BCUT2D eigenvalue weighted by atomic mass is 19.3. The maximum absolute atomic E-state index is 14.2.